The van der Waals surface area contributed by atoms with Gasteiger partial charge in [-0.3, -0.25) is 29.4 Å². The predicted octanol–water partition coefficient (Wildman–Crippen LogP) is 3.26. The Kier molecular flexibility index (Phi) is 5.28. The van der Waals surface area contributed by atoms with E-state index in [2.05, 4.69) is 15.4 Å². The Hall–Kier alpha value is -4.93. The average molecular weight is 470 g/mol. The molecule has 0 spiro atoms. The summed E-state index contributed by atoms with van der Waals surface area (Å²) in [5, 5.41) is 19.3. The number of hydrogen-bond acceptors (Lipinski definition) is 7. The topological polar surface area (TPSA) is 140 Å². The number of amides is 3. The molecule has 0 saturated heterocycles. The normalized spacial score (nSPS) is 12.8. The van der Waals surface area contributed by atoms with Gasteiger partial charge in [0, 0.05) is 24.4 Å². The molecule has 1 aliphatic rings. The number of nitrogens with one attached hydrogen (secondary N) is 1. The minimum atomic E-state index is -0.780. The van der Waals surface area contributed by atoms with Gasteiger partial charge in [0.15, 0.2) is 5.65 Å². The van der Waals surface area contributed by atoms with Crippen molar-refractivity contribution in [1.82, 2.24) is 19.7 Å². The predicted molar refractivity (Wildman–Crippen MR) is 125 cm³/mol. The first-order chi connectivity index (χ1) is 16.8. The number of imide groups is 1. The molecule has 3 amide bonds. The van der Waals surface area contributed by atoms with Crippen LogP contribution >= 0.6 is 0 Å². The molecule has 4 aromatic rings. The van der Waals surface area contributed by atoms with Gasteiger partial charge in [-0.15, -0.1) is 0 Å². The van der Waals surface area contributed by atoms with Crippen molar-refractivity contribution in [2.45, 2.75) is 13.3 Å². The minimum absolute atomic E-state index is 0.0369. The Bertz CT molecular complexity index is 1530. The van der Waals surface area contributed by atoms with Crippen LogP contribution < -0.4 is 5.32 Å². The number of hydrogen-bond donors (Lipinski definition) is 1. The number of anilines is 1. The summed E-state index contributed by atoms with van der Waals surface area (Å²) in [7, 11) is 0. The van der Waals surface area contributed by atoms with Crippen LogP contribution in [0.2, 0.25) is 0 Å². The van der Waals surface area contributed by atoms with Crippen molar-refractivity contribution in [2.24, 2.45) is 0 Å². The first-order valence-corrected chi connectivity index (χ1v) is 10.7. The largest absolute Gasteiger partial charge is 0.325 e. The van der Waals surface area contributed by atoms with Crippen molar-refractivity contribution in [3.63, 3.8) is 0 Å². The number of nitro groups is 1. The summed E-state index contributed by atoms with van der Waals surface area (Å²) in [5.74, 6) is -1.88. The number of nitro benzene ring substituents is 1. The van der Waals surface area contributed by atoms with E-state index < -0.39 is 28.3 Å². The van der Waals surface area contributed by atoms with Gasteiger partial charge in [-0.1, -0.05) is 24.3 Å². The third-order valence-electron chi connectivity index (χ3n) is 5.73. The van der Waals surface area contributed by atoms with Crippen LogP contribution in [-0.2, 0) is 4.79 Å². The van der Waals surface area contributed by atoms with Crippen molar-refractivity contribution in [3.05, 3.63) is 87.7 Å². The molecule has 0 saturated carbocycles. The first-order valence-electron chi connectivity index (χ1n) is 10.7. The van der Waals surface area contributed by atoms with Gasteiger partial charge in [-0.25, -0.2) is 9.67 Å². The van der Waals surface area contributed by atoms with Gasteiger partial charge in [0.2, 0.25) is 5.91 Å². The second kappa shape index (κ2) is 8.45. The maximum Gasteiger partial charge on any atom is 0.282 e. The molecule has 11 heteroatoms. The summed E-state index contributed by atoms with van der Waals surface area (Å²) in [6.45, 7) is 1.63. The van der Waals surface area contributed by atoms with E-state index in [4.69, 9.17) is 0 Å². The summed E-state index contributed by atoms with van der Waals surface area (Å²) in [5.41, 5.74) is 1.96. The van der Waals surface area contributed by atoms with E-state index in [1.54, 1.807) is 10.7 Å². The van der Waals surface area contributed by atoms with Crippen LogP contribution in [0, 0.1) is 17.0 Å². The van der Waals surface area contributed by atoms with Gasteiger partial charge in [0.05, 0.1) is 33.8 Å². The lowest BCUT2D eigenvalue weighted by Crippen LogP contribution is -2.33. The summed E-state index contributed by atoms with van der Waals surface area (Å²) in [6, 6.07) is 15.2. The van der Waals surface area contributed by atoms with Crippen molar-refractivity contribution in [3.8, 4) is 5.69 Å². The van der Waals surface area contributed by atoms with Crippen LogP contribution in [-0.4, -0.2) is 48.9 Å². The summed E-state index contributed by atoms with van der Waals surface area (Å²) < 4.78 is 1.72. The standard InChI is InChI=1S/C24H18N6O5/c1-14-18-12-15(13-25-22(18)29(27-14)16-6-3-2-4-7-16)26-20(31)10-11-28-23(32)17-8-5-9-19(30(34)35)21(17)24(28)33/h2-9,12-13H,10-11H2,1H3,(H,26,31). The average Bonchev–Trinajstić information content (AvgIpc) is 3.31. The number of para-hydroxylation sites is 1. The van der Waals surface area contributed by atoms with Crippen molar-refractivity contribution in [2.75, 3.05) is 11.9 Å². The number of pyridine rings is 1. The van der Waals surface area contributed by atoms with E-state index in [0.29, 0.717) is 11.3 Å². The highest BCUT2D eigenvalue weighted by Gasteiger charge is 2.40. The van der Waals surface area contributed by atoms with Gasteiger partial charge in [-0.05, 0) is 31.2 Å². The molecule has 1 N–H and O–H groups in total. The number of aryl methyl sites for hydroxylation is 1. The quantitative estimate of drug-likeness (QED) is 0.259. The molecule has 11 nitrogen and oxygen atoms in total. The molecule has 35 heavy (non-hydrogen) atoms. The molecule has 3 heterocycles. The minimum Gasteiger partial charge on any atom is -0.325 e. The monoisotopic (exact) mass is 470 g/mol. The summed E-state index contributed by atoms with van der Waals surface area (Å²) in [4.78, 5) is 53.6. The fourth-order valence-electron chi connectivity index (χ4n) is 4.07. The third kappa shape index (κ3) is 3.78. The number of benzene rings is 2. The Labute approximate surface area is 198 Å². The lowest BCUT2D eigenvalue weighted by Gasteiger charge is -2.13. The van der Waals surface area contributed by atoms with Crippen LogP contribution in [0.4, 0.5) is 11.4 Å². The molecule has 1 aliphatic heterocycles. The highest BCUT2D eigenvalue weighted by Crippen LogP contribution is 2.31. The van der Waals surface area contributed by atoms with E-state index in [0.717, 1.165) is 21.7 Å². The zero-order valence-electron chi connectivity index (χ0n) is 18.5. The molecule has 0 aliphatic carbocycles. The van der Waals surface area contributed by atoms with E-state index in [1.807, 2.05) is 37.3 Å². The van der Waals surface area contributed by atoms with Gasteiger partial charge in [-0.2, -0.15) is 5.10 Å². The molecular formula is C24H18N6O5. The van der Waals surface area contributed by atoms with E-state index in [9.17, 15) is 24.5 Å². The SMILES string of the molecule is Cc1nn(-c2ccccc2)c2ncc(NC(=O)CCN3C(=O)c4cccc([N+](=O)[O-])c4C3=O)cc12. The van der Waals surface area contributed by atoms with E-state index in [1.165, 1.54) is 24.4 Å². The third-order valence-corrected chi connectivity index (χ3v) is 5.73. The molecule has 2 aromatic heterocycles. The molecule has 0 fully saturated rings. The van der Waals surface area contributed by atoms with Crippen LogP contribution in [0.1, 0.15) is 32.8 Å². The summed E-state index contributed by atoms with van der Waals surface area (Å²) in [6.07, 6.45) is 1.33. The maximum atomic E-state index is 12.7. The van der Waals surface area contributed by atoms with Crippen LogP contribution in [0.5, 0.6) is 0 Å². The molecule has 0 unspecified atom stereocenters. The van der Waals surface area contributed by atoms with E-state index in [-0.39, 0.29) is 24.1 Å². The van der Waals surface area contributed by atoms with Crippen LogP contribution in [0.15, 0.2) is 60.8 Å². The Balaban J connectivity index is 1.30. The van der Waals surface area contributed by atoms with E-state index >= 15 is 0 Å². The van der Waals surface area contributed by atoms with Gasteiger partial charge in [0.25, 0.3) is 17.5 Å². The maximum absolute atomic E-state index is 12.7. The fourth-order valence-corrected chi connectivity index (χ4v) is 4.07. The van der Waals surface area contributed by atoms with Crippen molar-refractivity contribution >= 4 is 40.1 Å². The summed E-state index contributed by atoms with van der Waals surface area (Å²) >= 11 is 0. The second-order valence-electron chi connectivity index (χ2n) is 7.94. The van der Waals surface area contributed by atoms with Crippen LogP contribution in [0.25, 0.3) is 16.7 Å². The number of carbonyl (C=O) groups excluding carboxylic acids is 3. The van der Waals surface area contributed by atoms with Gasteiger partial charge in [0.1, 0.15) is 5.56 Å². The molecular weight excluding hydrogens is 452 g/mol. The fraction of sp³-hybridized carbons (Fsp3) is 0.125. The van der Waals surface area contributed by atoms with Gasteiger partial charge >= 0.3 is 0 Å². The Morgan fingerprint density at radius 3 is 2.60 bits per heavy atom. The zero-order chi connectivity index (χ0) is 24.7. The van der Waals surface area contributed by atoms with Crippen molar-refractivity contribution in [1.29, 1.82) is 0 Å². The zero-order valence-corrected chi connectivity index (χ0v) is 18.5. The lowest BCUT2D eigenvalue weighted by atomic mass is 10.1. The molecule has 0 atom stereocenters. The number of carbonyl (C=O) groups is 3. The lowest BCUT2D eigenvalue weighted by molar-refractivity contribution is -0.385. The second-order valence-corrected chi connectivity index (χ2v) is 7.94. The number of rotatable bonds is 6. The molecule has 0 bridgehead atoms. The molecule has 174 valence electrons. The Morgan fingerprint density at radius 2 is 1.86 bits per heavy atom. The smallest absolute Gasteiger partial charge is 0.282 e. The molecule has 5 rings (SSSR count). The highest BCUT2D eigenvalue weighted by atomic mass is 16.6. The van der Waals surface area contributed by atoms with Crippen molar-refractivity contribution < 1.29 is 19.3 Å². The van der Waals surface area contributed by atoms with Gasteiger partial charge < -0.3 is 5.32 Å². The number of aromatic nitrogens is 3. The Morgan fingerprint density at radius 1 is 1.09 bits per heavy atom. The first kappa shape index (κ1) is 21.9. The molecule has 0 radical (unpaired) electrons. The van der Waals surface area contributed by atoms with Crippen LogP contribution in [0.3, 0.4) is 0 Å². The highest BCUT2D eigenvalue weighted by molar-refractivity contribution is 6.23. The number of nitrogens with zero attached hydrogens (tertiary/aromatic N) is 5. The molecule has 2 aromatic carbocycles. The number of fused-ring (bicyclic) bond motifs is 2.